The Balaban J connectivity index is 1.81. The number of benzene rings is 2. The second-order valence-corrected chi connectivity index (χ2v) is 14.5. The first-order chi connectivity index (χ1) is 9.86. The molecule has 0 aromatic heterocycles. The molecule has 0 bridgehead atoms. The Morgan fingerprint density at radius 1 is 0.600 bits per heavy atom. The first-order valence-electron chi connectivity index (χ1n) is 7.34. The van der Waals surface area contributed by atoms with Crippen LogP contribution >= 0.6 is 0 Å². The fourth-order valence-electron chi connectivity index (χ4n) is 2.72. The van der Waals surface area contributed by atoms with E-state index >= 15 is 0 Å². The minimum absolute atomic E-state index is 0.973. The summed E-state index contributed by atoms with van der Waals surface area (Å²) in [6.07, 6.45) is 3.81. The Bertz CT molecular complexity index is 478. The summed E-state index contributed by atoms with van der Waals surface area (Å²) < 4.78 is 15.2. The van der Waals surface area contributed by atoms with Crippen LogP contribution in [0, 0.1) is 0 Å². The normalized spacial score (nSPS) is 17.4. The van der Waals surface area contributed by atoms with Crippen molar-refractivity contribution in [3.8, 4) is 11.5 Å². The van der Waals surface area contributed by atoms with Crippen molar-refractivity contribution < 1.29 is 6.15 Å². The third-order valence-corrected chi connectivity index (χ3v) is 13.5. The second-order valence-electron chi connectivity index (χ2n) is 5.30. The summed E-state index contributed by atoms with van der Waals surface area (Å²) in [6, 6.07) is 20.3. The zero-order valence-electron chi connectivity index (χ0n) is 11.6. The molecule has 3 heteroatoms. The number of hydrogen-bond acceptors (Lipinski definition) is 2. The zero-order chi connectivity index (χ0) is 13.7. The molecule has 104 valence electrons. The van der Waals surface area contributed by atoms with E-state index in [0.29, 0.717) is 0 Å². The van der Waals surface area contributed by atoms with Gasteiger partial charge in [0, 0.05) is 0 Å². The Labute approximate surface area is 125 Å². The average Bonchev–Trinajstić information content (AvgIpc) is 2.50. The first kappa shape index (κ1) is 13.8. The van der Waals surface area contributed by atoms with Crippen LogP contribution in [-0.2, 0) is 0 Å². The molecule has 0 radical (unpaired) electrons. The van der Waals surface area contributed by atoms with E-state index in [0.717, 1.165) is 20.4 Å². The van der Waals surface area contributed by atoms with E-state index in [1.807, 2.05) is 60.7 Å². The van der Waals surface area contributed by atoms with Gasteiger partial charge in [0.15, 0.2) is 0 Å². The van der Waals surface area contributed by atoms with Crippen molar-refractivity contribution in [2.24, 2.45) is 0 Å². The SMILES string of the molecule is c1ccc([O][Sn]2([O]c3ccccc3)[CH2]CCC[CH2]2)cc1. The van der Waals surface area contributed by atoms with Gasteiger partial charge in [-0.2, -0.15) is 0 Å². The molecule has 1 fully saturated rings. The first-order valence-corrected chi connectivity index (χ1v) is 13.7. The molecular formula is C17H20O2Sn. The van der Waals surface area contributed by atoms with Gasteiger partial charge in [-0.25, -0.2) is 0 Å². The molecule has 1 saturated heterocycles. The van der Waals surface area contributed by atoms with Crippen molar-refractivity contribution in [1.82, 2.24) is 0 Å². The minimum atomic E-state index is -3.01. The van der Waals surface area contributed by atoms with Crippen LogP contribution in [0.5, 0.6) is 11.5 Å². The average molecular weight is 375 g/mol. The molecule has 1 aliphatic heterocycles. The van der Waals surface area contributed by atoms with Gasteiger partial charge < -0.3 is 0 Å². The van der Waals surface area contributed by atoms with E-state index in [4.69, 9.17) is 6.15 Å². The van der Waals surface area contributed by atoms with Crippen molar-refractivity contribution >= 4 is 19.2 Å². The number of hydrogen-bond donors (Lipinski definition) is 0. The van der Waals surface area contributed by atoms with Gasteiger partial charge in [-0.1, -0.05) is 0 Å². The van der Waals surface area contributed by atoms with Gasteiger partial charge in [0.1, 0.15) is 0 Å². The fourth-order valence-corrected chi connectivity index (χ4v) is 12.5. The molecule has 2 nitrogen and oxygen atoms in total. The number of rotatable bonds is 4. The monoisotopic (exact) mass is 376 g/mol. The molecule has 20 heavy (non-hydrogen) atoms. The van der Waals surface area contributed by atoms with Crippen molar-refractivity contribution in [3.63, 3.8) is 0 Å². The molecule has 0 N–H and O–H groups in total. The van der Waals surface area contributed by atoms with Gasteiger partial charge >= 0.3 is 126 Å². The Morgan fingerprint density at radius 3 is 1.50 bits per heavy atom. The molecule has 1 aliphatic rings. The van der Waals surface area contributed by atoms with Gasteiger partial charge in [-0.05, 0) is 0 Å². The molecule has 0 unspecified atom stereocenters. The maximum atomic E-state index is 6.43. The van der Waals surface area contributed by atoms with E-state index in [-0.39, 0.29) is 0 Å². The third kappa shape index (κ3) is 3.48. The summed E-state index contributed by atoms with van der Waals surface area (Å²) in [5.41, 5.74) is 0. The molecule has 0 aliphatic carbocycles. The standard InChI is InChI=1S/2C6H6O.C5H10.Sn/c2*7-6-4-2-1-3-5-6;1-3-5-4-2;/h2*1-5,7H;1-5H2;/q;;;+2/p-2. The zero-order valence-corrected chi connectivity index (χ0v) is 14.5. The molecule has 3 rings (SSSR count). The molecule has 2 aromatic rings. The van der Waals surface area contributed by atoms with Crippen LogP contribution in [0.1, 0.15) is 19.3 Å². The van der Waals surface area contributed by atoms with E-state index in [1.54, 1.807) is 0 Å². The summed E-state index contributed by atoms with van der Waals surface area (Å²) in [6.45, 7) is 0. The predicted octanol–water partition coefficient (Wildman–Crippen LogP) is 4.77. The van der Waals surface area contributed by atoms with Gasteiger partial charge in [0.2, 0.25) is 0 Å². The molecule has 2 aromatic carbocycles. The molecule has 0 saturated carbocycles. The Morgan fingerprint density at radius 2 is 1.05 bits per heavy atom. The topological polar surface area (TPSA) is 18.5 Å². The predicted molar refractivity (Wildman–Crippen MR) is 83.4 cm³/mol. The van der Waals surface area contributed by atoms with Crippen LogP contribution < -0.4 is 6.15 Å². The molecule has 0 amide bonds. The summed E-state index contributed by atoms with van der Waals surface area (Å²) in [5, 5.41) is 0. The maximum absolute atomic E-state index is 6.43. The second kappa shape index (κ2) is 6.53. The van der Waals surface area contributed by atoms with Gasteiger partial charge in [-0.3, -0.25) is 0 Å². The molecule has 1 heterocycles. The van der Waals surface area contributed by atoms with Gasteiger partial charge in [0.05, 0.1) is 0 Å². The van der Waals surface area contributed by atoms with Crippen LogP contribution in [0.15, 0.2) is 60.7 Å². The van der Waals surface area contributed by atoms with Crippen molar-refractivity contribution in [2.45, 2.75) is 28.1 Å². The van der Waals surface area contributed by atoms with Crippen LogP contribution in [-0.4, -0.2) is 19.2 Å². The van der Waals surface area contributed by atoms with Crippen LogP contribution in [0.25, 0.3) is 0 Å². The summed E-state index contributed by atoms with van der Waals surface area (Å²) in [7, 11) is 0. The van der Waals surface area contributed by atoms with Crippen molar-refractivity contribution in [1.29, 1.82) is 0 Å². The quantitative estimate of drug-likeness (QED) is 0.717. The molecule has 0 spiro atoms. The van der Waals surface area contributed by atoms with Gasteiger partial charge in [0.25, 0.3) is 0 Å². The van der Waals surface area contributed by atoms with E-state index in [2.05, 4.69) is 0 Å². The fraction of sp³-hybridized carbons (Fsp3) is 0.294. The van der Waals surface area contributed by atoms with Crippen molar-refractivity contribution in [2.75, 3.05) is 0 Å². The van der Waals surface area contributed by atoms with E-state index in [1.165, 1.54) is 19.3 Å². The van der Waals surface area contributed by atoms with E-state index < -0.39 is 19.2 Å². The van der Waals surface area contributed by atoms with Crippen LogP contribution in [0.3, 0.4) is 0 Å². The molecular weight excluding hydrogens is 355 g/mol. The van der Waals surface area contributed by atoms with Gasteiger partial charge in [-0.15, -0.1) is 0 Å². The Kier molecular flexibility index (Phi) is 4.50. The van der Waals surface area contributed by atoms with Crippen LogP contribution in [0.4, 0.5) is 0 Å². The van der Waals surface area contributed by atoms with Crippen molar-refractivity contribution in [3.05, 3.63) is 60.7 Å². The van der Waals surface area contributed by atoms with Crippen LogP contribution in [0.2, 0.25) is 8.87 Å². The Hall–Kier alpha value is -1.16. The molecule has 0 atom stereocenters. The summed E-state index contributed by atoms with van der Waals surface area (Å²) >= 11 is -3.01. The summed E-state index contributed by atoms with van der Waals surface area (Å²) in [4.78, 5) is 0. The third-order valence-electron chi connectivity index (χ3n) is 3.71. The van der Waals surface area contributed by atoms with E-state index in [9.17, 15) is 0 Å². The summed E-state index contributed by atoms with van der Waals surface area (Å²) in [5.74, 6) is 1.95. The number of para-hydroxylation sites is 2.